The molecule has 1 aromatic heterocycles. The fourth-order valence-electron chi connectivity index (χ4n) is 5.11. The van der Waals surface area contributed by atoms with Gasteiger partial charge in [0, 0.05) is 24.6 Å². The molecule has 0 radical (unpaired) electrons. The number of aliphatic hydroxyl groups excluding tert-OH is 6. The third kappa shape index (κ3) is 6.45. The maximum Gasteiger partial charge on any atom is 0.302 e. The van der Waals surface area contributed by atoms with Crippen LogP contribution < -0.4 is 10.2 Å². The van der Waals surface area contributed by atoms with Crippen LogP contribution in [0.15, 0.2) is 45.6 Å². The van der Waals surface area contributed by atoms with Gasteiger partial charge in [-0.05, 0) is 24.3 Å². The van der Waals surface area contributed by atoms with E-state index in [4.69, 9.17) is 28.1 Å². The van der Waals surface area contributed by atoms with Crippen LogP contribution >= 0.6 is 0 Å². The van der Waals surface area contributed by atoms with Gasteiger partial charge in [-0.15, -0.1) is 0 Å². The van der Waals surface area contributed by atoms with Crippen LogP contribution in [0.25, 0.3) is 22.3 Å². The number of fused-ring (bicyclic) bond motifs is 1. The number of hydrogen-bond acceptors (Lipinski definition) is 17. The van der Waals surface area contributed by atoms with E-state index in [2.05, 4.69) is 0 Å². The minimum atomic E-state index is -1.97. The van der Waals surface area contributed by atoms with Crippen molar-refractivity contribution in [2.75, 3.05) is 13.2 Å². The zero-order chi connectivity index (χ0) is 33.4. The second-order valence-electron chi connectivity index (χ2n) is 10.7. The number of phenolic OH excluding ortho intramolecular Hbond substituents is 3. The van der Waals surface area contributed by atoms with E-state index in [1.807, 2.05) is 0 Å². The maximum atomic E-state index is 13.8. The summed E-state index contributed by atoms with van der Waals surface area (Å²) in [6.45, 7) is -0.324. The van der Waals surface area contributed by atoms with Crippen LogP contribution in [-0.2, 0) is 23.7 Å². The molecule has 2 saturated heterocycles. The summed E-state index contributed by atoms with van der Waals surface area (Å²) < 4.78 is 33.4. The first-order valence-electron chi connectivity index (χ1n) is 13.9. The molecule has 46 heavy (non-hydrogen) atoms. The fourth-order valence-corrected chi connectivity index (χ4v) is 5.11. The molecule has 17 nitrogen and oxygen atoms in total. The van der Waals surface area contributed by atoms with Gasteiger partial charge in [0.15, 0.2) is 18.2 Å². The van der Waals surface area contributed by atoms with Gasteiger partial charge in [0.1, 0.15) is 77.6 Å². The summed E-state index contributed by atoms with van der Waals surface area (Å²) in [6.07, 6.45) is -17.9. The largest absolute Gasteiger partial charge is 0.508 e. The molecule has 250 valence electrons. The molecule has 0 bridgehead atoms. The number of hydrogen-bond donors (Lipinski definition) is 9. The van der Waals surface area contributed by atoms with Crippen LogP contribution in [0.4, 0.5) is 0 Å². The molecule has 0 saturated carbocycles. The smallest absolute Gasteiger partial charge is 0.302 e. The summed E-state index contributed by atoms with van der Waals surface area (Å²) in [5.74, 6) is -2.95. The lowest BCUT2D eigenvalue weighted by Crippen LogP contribution is -2.65. The van der Waals surface area contributed by atoms with Crippen molar-refractivity contribution in [1.29, 1.82) is 0 Å². The Morgan fingerprint density at radius 2 is 1.48 bits per heavy atom. The zero-order valence-corrected chi connectivity index (χ0v) is 23.9. The van der Waals surface area contributed by atoms with Crippen LogP contribution in [0.2, 0.25) is 0 Å². The number of aromatic hydroxyl groups is 3. The number of rotatable bonds is 8. The highest BCUT2D eigenvalue weighted by atomic mass is 16.8. The Morgan fingerprint density at radius 1 is 0.826 bits per heavy atom. The van der Waals surface area contributed by atoms with Crippen LogP contribution in [0, 0.1) is 0 Å². The lowest BCUT2D eigenvalue weighted by molar-refractivity contribution is -0.358. The van der Waals surface area contributed by atoms with Crippen molar-refractivity contribution in [2.24, 2.45) is 0 Å². The van der Waals surface area contributed by atoms with E-state index in [0.717, 1.165) is 19.1 Å². The molecule has 2 aliphatic heterocycles. The molecular weight excluding hydrogens is 620 g/mol. The van der Waals surface area contributed by atoms with Gasteiger partial charge < -0.3 is 74.1 Å². The first-order chi connectivity index (χ1) is 21.8. The van der Waals surface area contributed by atoms with Gasteiger partial charge in [-0.1, -0.05) is 0 Å². The standard InChI is InChI=1S/C29H32O17/c1-10(31)41-9-17-20(36)22(38)24(40)28(44-17)46-27-23(39)19(35)16(8-30)43-29(27)45-26-21(37)18-14(34)6-13(33)7-15(18)42-25(26)11-2-4-12(32)5-3-11/h2-7,16-17,19-20,22-24,27-30,32-36,38-40H,8-9H2,1H3/t16-,17-,19-,20-,22+,23+,24-,27-,28?,29+/m1/s1. The summed E-state index contributed by atoms with van der Waals surface area (Å²) in [5, 5.41) is 92.6. The van der Waals surface area contributed by atoms with Crippen LogP contribution in [0.5, 0.6) is 23.0 Å². The number of carbonyl (C=O) groups excluding carboxylic acids is 1. The van der Waals surface area contributed by atoms with E-state index >= 15 is 0 Å². The van der Waals surface area contributed by atoms with Gasteiger partial charge in [0.05, 0.1) is 6.61 Å². The van der Waals surface area contributed by atoms with Gasteiger partial charge in [-0.2, -0.15) is 0 Å². The number of carbonyl (C=O) groups is 1. The summed E-state index contributed by atoms with van der Waals surface area (Å²) in [5.41, 5.74) is -1.11. The predicted octanol–water partition coefficient (Wildman–Crippen LogP) is -1.85. The normalized spacial score (nSPS) is 31.5. The van der Waals surface area contributed by atoms with Crippen molar-refractivity contribution in [2.45, 2.75) is 68.3 Å². The van der Waals surface area contributed by atoms with Crippen molar-refractivity contribution in [3.8, 4) is 34.3 Å². The monoisotopic (exact) mass is 652 g/mol. The zero-order valence-electron chi connectivity index (χ0n) is 23.9. The van der Waals surface area contributed by atoms with Crippen LogP contribution in [0.1, 0.15) is 6.92 Å². The van der Waals surface area contributed by atoms with E-state index in [0.29, 0.717) is 0 Å². The fraction of sp³-hybridized carbons (Fsp3) is 0.448. The molecule has 0 spiro atoms. The van der Waals surface area contributed by atoms with Gasteiger partial charge >= 0.3 is 5.97 Å². The number of aliphatic hydroxyl groups is 6. The van der Waals surface area contributed by atoms with Crippen LogP contribution in [-0.4, -0.2) is 127 Å². The predicted molar refractivity (Wildman–Crippen MR) is 149 cm³/mol. The second-order valence-corrected chi connectivity index (χ2v) is 10.7. The summed E-state index contributed by atoms with van der Waals surface area (Å²) >= 11 is 0. The molecule has 3 heterocycles. The Morgan fingerprint density at radius 3 is 2.13 bits per heavy atom. The van der Waals surface area contributed by atoms with E-state index in [1.54, 1.807) is 0 Å². The van der Waals surface area contributed by atoms with E-state index in [9.17, 15) is 55.5 Å². The molecule has 2 aliphatic rings. The Bertz CT molecular complexity index is 1610. The quantitative estimate of drug-likeness (QED) is 0.121. The van der Waals surface area contributed by atoms with E-state index < -0.39 is 109 Å². The Balaban J connectivity index is 1.56. The minimum absolute atomic E-state index is 0.137. The highest BCUT2D eigenvalue weighted by Crippen LogP contribution is 2.38. The van der Waals surface area contributed by atoms with Crippen molar-refractivity contribution < 1.29 is 78.9 Å². The first kappa shape index (κ1) is 33.3. The van der Waals surface area contributed by atoms with Gasteiger partial charge in [-0.25, -0.2) is 0 Å². The Hall–Kier alpha value is -4.04. The van der Waals surface area contributed by atoms with Gasteiger partial charge in [-0.3, -0.25) is 9.59 Å². The van der Waals surface area contributed by atoms with Gasteiger partial charge in [0.2, 0.25) is 17.5 Å². The summed E-state index contributed by atoms with van der Waals surface area (Å²) in [4.78, 5) is 25.1. The molecule has 3 aromatic rings. The third-order valence-electron chi connectivity index (χ3n) is 7.52. The van der Waals surface area contributed by atoms with Crippen molar-refractivity contribution >= 4 is 16.9 Å². The Labute approximate surface area is 258 Å². The average molecular weight is 653 g/mol. The molecule has 10 atom stereocenters. The molecule has 2 fully saturated rings. The number of phenols is 3. The first-order valence-corrected chi connectivity index (χ1v) is 13.9. The highest BCUT2D eigenvalue weighted by molar-refractivity contribution is 5.88. The summed E-state index contributed by atoms with van der Waals surface area (Å²) in [6, 6.07) is 7.17. The number of ether oxygens (including phenoxy) is 5. The molecule has 2 aromatic carbocycles. The molecular formula is C29H32O17. The second kappa shape index (κ2) is 13.4. The molecule has 1 unspecified atom stereocenters. The SMILES string of the molecule is CC(=O)OC[C@H]1OC(O[C@H]2[C@H](Oc3c(-c4ccc(O)cc4)oc4cc(O)cc(O)c4c3=O)O[C@H](CO)[C@@H](O)[C@@H]2O)[C@H](O)[C@@H](O)[C@@H]1O. The molecule has 5 rings (SSSR count). The minimum Gasteiger partial charge on any atom is -0.508 e. The molecule has 0 aliphatic carbocycles. The maximum absolute atomic E-state index is 13.8. The number of esters is 1. The summed E-state index contributed by atoms with van der Waals surface area (Å²) in [7, 11) is 0. The number of benzene rings is 2. The van der Waals surface area contributed by atoms with Crippen molar-refractivity contribution in [1.82, 2.24) is 0 Å². The van der Waals surface area contributed by atoms with Crippen molar-refractivity contribution in [3.05, 3.63) is 46.6 Å². The Kier molecular flexibility index (Phi) is 9.68. The lowest BCUT2D eigenvalue weighted by Gasteiger charge is -2.45. The topological polar surface area (TPSA) is 275 Å². The molecule has 9 N–H and O–H groups in total. The van der Waals surface area contributed by atoms with E-state index in [-0.39, 0.29) is 22.7 Å². The third-order valence-corrected chi connectivity index (χ3v) is 7.52. The highest BCUT2D eigenvalue weighted by Gasteiger charge is 2.52. The van der Waals surface area contributed by atoms with Gasteiger partial charge in [0.25, 0.3) is 0 Å². The average Bonchev–Trinajstić information content (AvgIpc) is 3.01. The van der Waals surface area contributed by atoms with E-state index in [1.165, 1.54) is 24.3 Å². The lowest BCUT2D eigenvalue weighted by atomic mass is 9.97. The molecule has 17 heteroatoms. The van der Waals surface area contributed by atoms with Crippen LogP contribution in [0.3, 0.4) is 0 Å². The molecule has 0 amide bonds. The van der Waals surface area contributed by atoms with Crippen molar-refractivity contribution in [3.63, 3.8) is 0 Å².